The monoisotopic (exact) mass is 612 g/mol. The molecule has 4 atom stereocenters. The molecule has 4 rings (SSSR count). The summed E-state index contributed by atoms with van der Waals surface area (Å²) in [6.07, 6.45) is 5.62. The van der Waals surface area contributed by atoms with Crippen LogP contribution in [-0.4, -0.2) is 74.8 Å². The number of nitrogens with zero attached hydrogens (tertiary/aromatic N) is 1. The van der Waals surface area contributed by atoms with Crippen molar-refractivity contribution in [2.75, 3.05) is 33.7 Å². The van der Waals surface area contributed by atoms with Crippen molar-refractivity contribution in [1.82, 2.24) is 10.3 Å². The fourth-order valence-electron chi connectivity index (χ4n) is 5.26. The smallest absolute Gasteiger partial charge is 0.334 e. The molecule has 1 aromatic heterocycles. The molecule has 44 heavy (non-hydrogen) atoms. The SMILES string of the molecule is CCOCC(=O)OCOc1c(OC)ccnc1C(=O)N[C@H]1CCC[C@H](Cc2ccc(C)cc2)[C@@H](OCC2CC2)[C@H](C)OC1=O. The summed E-state index contributed by atoms with van der Waals surface area (Å²) < 4.78 is 33.4. The zero-order valence-electron chi connectivity index (χ0n) is 26.0. The lowest BCUT2D eigenvalue weighted by atomic mass is 9.86. The number of carbonyl (C=O) groups excluding carboxylic acids is 3. The van der Waals surface area contributed by atoms with Gasteiger partial charge in [-0.15, -0.1) is 0 Å². The lowest BCUT2D eigenvalue weighted by Crippen LogP contribution is -2.45. The van der Waals surface area contributed by atoms with E-state index in [-0.39, 0.29) is 35.8 Å². The zero-order chi connectivity index (χ0) is 31.5. The quantitative estimate of drug-likeness (QED) is 0.245. The van der Waals surface area contributed by atoms with Crippen LogP contribution in [0.3, 0.4) is 0 Å². The maximum Gasteiger partial charge on any atom is 0.334 e. The summed E-state index contributed by atoms with van der Waals surface area (Å²) in [5.74, 6) is -0.900. The normalized spacial score (nSPS) is 22.1. The molecule has 0 spiro atoms. The second-order valence-electron chi connectivity index (χ2n) is 11.4. The highest BCUT2D eigenvalue weighted by atomic mass is 16.7. The molecule has 1 saturated heterocycles. The van der Waals surface area contributed by atoms with E-state index in [4.69, 9.17) is 28.4 Å². The number of methoxy groups -OCH3 is 1. The molecule has 1 aliphatic carbocycles. The molecule has 0 radical (unpaired) electrons. The van der Waals surface area contributed by atoms with Gasteiger partial charge < -0.3 is 33.7 Å². The summed E-state index contributed by atoms with van der Waals surface area (Å²) >= 11 is 0. The molecule has 0 unspecified atom stereocenters. The van der Waals surface area contributed by atoms with Gasteiger partial charge in [0, 0.05) is 25.5 Å². The number of hydrogen-bond donors (Lipinski definition) is 1. The van der Waals surface area contributed by atoms with E-state index in [0.717, 1.165) is 25.7 Å². The van der Waals surface area contributed by atoms with E-state index in [2.05, 4.69) is 41.5 Å². The lowest BCUT2D eigenvalue weighted by Gasteiger charge is -2.31. The van der Waals surface area contributed by atoms with Crippen LogP contribution in [0.15, 0.2) is 36.5 Å². The minimum atomic E-state index is -0.906. The average molecular weight is 613 g/mol. The number of nitrogens with one attached hydrogen (secondary N) is 1. The Morgan fingerprint density at radius 2 is 1.86 bits per heavy atom. The van der Waals surface area contributed by atoms with E-state index in [1.165, 1.54) is 30.5 Å². The maximum absolute atomic E-state index is 13.5. The predicted molar refractivity (Wildman–Crippen MR) is 160 cm³/mol. The molecule has 1 aliphatic heterocycles. The Labute approximate surface area is 258 Å². The number of amides is 1. The number of aryl methyl sites for hydroxylation is 1. The number of aromatic nitrogens is 1. The third-order valence-corrected chi connectivity index (χ3v) is 7.88. The Balaban J connectivity index is 1.46. The molecule has 1 amide bonds. The van der Waals surface area contributed by atoms with Gasteiger partial charge in [0.2, 0.25) is 6.79 Å². The number of cyclic esters (lactones) is 1. The lowest BCUT2D eigenvalue weighted by molar-refractivity contribution is -0.161. The van der Waals surface area contributed by atoms with Crippen LogP contribution in [0.1, 0.15) is 67.6 Å². The second-order valence-corrected chi connectivity index (χ2v) is 11.4. The summed E-state index contributed by atoms with van der Waals surface area (Å²) in [6, 6.07) is 9.10. The summed E-state index contributed by atoms with van der Waals surface area (Å²) in [7, 11) is 1.41. The van der Waals surface area contributed by atoms with Crippen LogP contribution in [0.5, 0.6) is 11.5 Å². The van der Waals surface area contributed by atoms with E-state index in [1.54, 1.807) is 6.92 Å². The largest absolute Gasteiger partial charge is 0.493 e. The number of ether oxygens (including phenoxy) is 6. The Bertz CT molecular complexity index is 1250. The molecule has 0 bridgehead atoms. The molecule has 1 aromatic carbocycles. The highest BCUT2D eigenvalue weighted by molar-refractivity contribution is 5.98. The van der Waals surface area contributed by atoms with E-state index in [0.29, 0.717) is 32.0 Å². The van der Waals surface area contributed by atoms with E-state index >= 15 is 0 Å². The van der Waals surface area contributed by atoms with Crippen LogP contribution in [0.2, 0.25) is 0 Å². The second kappa shape index (κ2) is 16.4. The summed E-state index contributed by atoms with van der Waals surface area (Å²) in [4.78, 5) is 42.8. The van der Waals surface area contributed by atoms with Gasteiger partial charge in [-0.25, -0.2) is 14.6 Å². The molecule has 11 nitrogen and oxygen atoms in total. The molecule has 1 N–H and O–H groups in total. The van der Waals surface area contributed by atoms with Crippen molar-refractivity contribution in [3.8, 4) is 11.5 Å². The zero-order valence-corrected chi connectivity index (χ0v) is 26.0. The molecule has 2 fully saturated rings. The summed E-state index contributed by atoms with van der Waals surface area (Å²) in [5, 5.41) is 2.79. The number of benzene rings is 1. The van der Waals surface area contributed by atoms with Gasteiger partial charge in [-0.1, -0.05) is 36.2 Å². The van der Waals surface area contributed by atoms with Gasteiger partial charge in [0.15, 0.2) is 17.2 Å². The topological polar surface area (TPSA) is 132 Å². The molecule has 240 valence electrons. The van der Waals surface area contributed by atoms with Crippen molar-refractivity contribution in [3.05, 3.63) is 53.3 Å². The number of hydrogen-bond acceptors (Lipinski definition) is 10. The van der Waals surface area contributed by atoms with E-state index in [9.17, 15) is 14.4 Å². The van der Waals surface area contributed by atoms with Crippen LogP contribution >= 0.6 is 0 Å². The van der Waals surface area contributed by atoms with E-state index < -0.39 is 36.8 Å². The van der Waals surface area contributed by atoms with Gasteiger partial charge in [-0.05, 0) is 70.3 Å². The van der Waals surface area contributed by atoms with Crippen molar-refractivity contribution >= 4 is 17.8 Å². The number of esters is 2. The third-order valence-electron chi connectivity index (χ3n) is 7.88. The first-order chi connectivity index (χ1) is 21.3. The van der Waals surface area contributed by atoms with Gasteiger partial charge >= 0.3 is 11.9 Å². The molecule has 2 aromatic rings. The van der Waals surface area contributed by atoms with Crippen LogP contribution in [0.4, 0.5) is 0 Å². The van der Waals surface area contributed by atoms with Crippen molar-refractivity contribution in [2.45, 2.75) is 77.5 Å². The van der Waals surface area contributed by atoms with Gasteiger partial charge in [0.1, 0.15) is 18.8 Å². The average Bonchev–Trinajstić information content (AvgIpc) is 3.84. The van der Waals surface area contributed by atoms with Crippen molar-refractivity contribution in [1.29, 1.82) is 0 Å². The Kier molecular flexibility index (Phi) is 12.4. The van der Waals surface area contributed by atoms with Gasteiger partial charge in [0.25, 0.3) is 5.91 Å². The first-order valence-electron chi connectivity index (χ1n) is 15.4. The van der Waals surface area contributed by atoms with Gasteiger partial charge in [-0.2, -0.15) is 0 Å². The third kappa shape index (κ3) is 9.65. The number of carbonyl (C=O) groups is 3. The molecule has 1 saturated carbocycles. The van der Waals surface area contributed by atoms with Crippen molar-refractivity contribution in [2.24, 2.45) is 11.8 Å². The molecular formula is C33H44N2O9. The maximum atomic E-state index is 13.5. The van der Waals surface area contributed by atoms with Crippen molar-refractivity contribution < 1.29 is 42.8 Å². The Hall–Kier alpha value is -3.70. The highest BCUT2D eigenvalue weighted by Crippen LogP contribution is 2.33. The minimum Gasteiger partial charge on any atom is -0.493 e. The van der Waals surface area contributed by atoms with Crippen LogP contribution in [-0.2, 0) is 35.0 Å². The number of pyridine rings is 1. The molecule has 2 heterocycles. The van der Waals surface area contributed by atoms with Gasteiger partial charge in [-0.3, -0.25) is 4.79 Å². The standard InChI is InChI=1S/C33H44N2O9/c1-5-40-19-28(36)42-20-43-31-27(39-4)15-16-34-29(31)32(37)35-26-8-6-7-25(17-23-11-9-21(2)10-12-23)30(22(3)44-33(26)38)41-18-24-13-14-24/h9-12,15-16,22,24-26,30H,5-8,13-14,17-20H2,1-4H3,(H,35,37)/t22-,25+,26-,30-/m0/s1. The summed E-state index contributed by atoms with van der Waals surface area (Å²) in [6.45, 7) is 6.00. The first-order valence-corrected chi connectivity index (χ1v) is 15.4. The van der Waals surface area contributed by atoms with Gasteiger partial charge in [0.05, 0.1) is 13.2 Å². The van der Waals surface area contributed by atoms with Crippen LogP contribution in [0.25, 0.3) is 0 Å². The minimum absolute atomic E-state index is 0.0202. The Morgan fingerprint density at radius 3 is 2.57 bits per heavy atom. The first kappa shape index (κ1) is 33.2. The predicted octanol–water partition coefficient (Wildman–Crippen LogP) is 4.18. The highest BCUT2D eigenvalue weighted by Gasteiger charge is 2.36. The molecule has 11 heteroatoms. The van der Waals surface area contributed by atoms with Crippen molar-refractivity contribution in [3.63, 3.8) is 0 Å². The molecular weight excluding hydrogens is 568 g/mol. The number of rotatable bonds is 14. The fourth-order valence-corrected chi connectivity index (χ4v) is 5.26. The Morgan fingerprint density at radius 1 is 1.09 bits per heavy atom. The van der Waals surface area contributed by atoms with Crippen LogP contribution < -0.4 is 14.8 Å². The molecule has 2 aliphatic rings. The summed E-state index contributed by atoms with van der Waals surface area (Å²) in [5.41, 5.74) is 2.30. The van der Waals surface area contributed by atoms with E-state index in [1.807, 2.05) is 6.92 Å². The fraction of sp³-hybridized carbons (Fsp3) is 0.576. The van der Waals surface area contributed by atoms with Crippen LogP contribution in [0, 0.1) is 18.8 Å².